The molecule has 3 amide bonds. The summed E-state index contributed by atoms with van der Waals surface area (Å²) >= 11 is 6.08. The molecule has 37 heavy (non-hydrogen) atoms. The molecule has 3 atom stereocenters. The van der Waals surface area contributed by atoms with Crippen LogP contribution in [0.4, 0.5) is 4.79 Å². The number of ether oxygens (including phenoxy) is 1. The Morgan fingerprint density at radius 3 is 2.27 bits per heavy atom. The summed E-state index contributed by atoms with van der Waals surface area (Å²) in [5, 5.41) is 3.74. The lowest BCUT2D eigenvalue weighted by molar-refractivity contribution is -0.140. The van der Waals surface area contributed by atoms with E-state index >= 15 is 0 Å². The van der Waals surface area contributed by atoms with Crippen molar-refractivity contribution in [2.75, 3.05) is 26.2 Å². The Labute approximate surface area is 227 Å². The number of carbonyl (C=O) groups is 3. The van der Waals surface area contributed by atoms with Gasteiger partial charge in [0.25, 0.3) is 0 Å². The van der Waals surface area contributed by atoms with Gasteiger partial charge in [0.2, 0.25) is 11.8 Å². The van der Waals surface area contributed by atoms with Crippen LogP contribution in [0.15, 0.2) is 24.3 Å². The summed E-state index contributed by atoms with van der Waals surface area (Å²) in [6.07, 6.45) is 1.57. The molecule has 0 spiro atoms. The molecule has 0 aliphatic carbocycles. The van der Waals surface area contributed by atoms with Crippen LogP contribution in [0.25, 0.3) is 0 Å². The lowest BCUT2D eigenvalue weighted by Crippen LogP contribution is -2.56. The van der Waals surface area contributed by atoms with Crippen molar-refractivity contribution in [3.63, 3.8) is 0 Å². The van der Waals surface area contributed by atoms with Crippen LogP contribution in [-0.2, 0) is 14.3 Å². The summed E-state index contributed by atoms with van der Waals surface area (Å²) in [5.41, 5.74) is 0.588. The summed E-state index contributed by atoms with van der Waals surface area (Å²) < 4.78 is 5.46. The number of amides is 3. The summed E-state index contributed by atoms with van der Waals surface area (Å²) in [4.78, 5) is 42.5. The highest BCUT2D eigenvalue weighted by Gasteiger charge is 2.41. The number of nitrogens with one attached hydrogen (secondary N) is 1. The molecule has 7 nitrogen and oxygen atoms in total. The number of piperidine rings is 1. The van der Waals surface area contributed by atoms with E-state index in [-0.39, 0.29) is 35.2 Å². The van der Waals surface area contributed by atoms with Crippen LogP contribution in [0.3, 0.4) is 0 Å². The van der Waals surface area contributed by atoms with Gasteiger partial charge >= 0.3 is 6.09 Å². The lowest BCUT2D eigenvalue weighted by Gasteiger charge is -2.45. The van der Waals surface area contributed by atoms with Gasteiger partial charge < -0.3 is 19.9 Å². The second-order valence-electron chi connectivity index (χ2n) is 12.7. The van der Waals surface area contributed by atoms with Gasteiger partial charge in [-0.3, -0.25) is 9.59 Å². The minimum absolute atomic E-state index is 0.0206. The van der Waals surface area contributed by atoms with E-state index in [1.165, 1.54) is 5.56 Å². The molecular formula is C29H44ClN3O4. The largest absolute Gasteiger partial charge is 0.444 e. The van der Waals surface area contributed by atoms with Gasteiger partial charge in [-0.05, 0) is 74.5 Å². The molecule has 1 aromatic rings. The second kappa shape index (κ2) is 11.6. The number of hydrogen-bond acceptors (Lipinski definition) is 4. The van der Waals surface area contributed by atoms with Crippen molar-refractivity contribution in [2.45, 2.75) is 85.3 Å². The van der Waals surface area contributed by atoms with Crippen molar-refractivity contribution in [1.29, 1.82) is 0 Å². The minimum Gasteiger partial charge on any atom is -0.444 e. The normalized spacial score (nSPS) is 22.6. The molecule has 2 heterocycles. The average molecular weight is 534 g/mol. The van der Waals surface area contributed by atoms with E-state index in [0.717, 1.165) is 17.9 Å². The van der Waals surface area contributed by atoms with Crippen molar-refractivity contribution < 1.29 is 19.1 Å². The lowest BCUT2D eigenvalue weighted by atomic mass is 9.70. The zero-order valence-corrected chi connectivity index (χ0v) is 24.2. The molecule has 1 N–H and O–H groups in total. The highest BCUT2D eigenvalue weighted by Crippen LogP contribution is 2.42. The number of rotatable bonds is 6. The van der Waals surface area contributed by atoms with Gasteiger partial charge in [-0.25, -0.2) is 4.79 Å². The zero-order valence-electron chi connectivity index (χ0n) is 23.5. The highest BCUT2D eigenvalue weighted by atomic mass is 35.5. The minimum atomic E-state index is -0.571. The van der Waals surface area contributed by atoms with Crippen molar-refractivity contribution in [2.24, 2.45) is 17.3 Å². The first kappa shape index (κ1) is 29.3. The van der Waals surface area contributed by atoms with Crippen LogP contribution in [-0.4, -0.2) is 65.5 Å². The molecule has 1 unspecified atom stereocenters. The van der Waals surface area contributed by atoms with E-state index in [9.17, 15) is 14.4 Å². The number of likely N-dealkylation sites (tertiary alicyclic amines) is 2. The Morgan fingerprint density at radius 1 is 1.08 bits per heavy atom. The van der Waals surface area contributed by atoms with Crippen molar-refractivity contribution in [1.82, 2.24) is 15.1 Å². The Kier molecular flexibility index (Phi) is 9.20. The third kappa shape index (κ3) is 7.86. The fraction of sp³-hybridized carbons (Fsp3) is 0.690. The third-order valence-corrected chi connectivity index (χ3v) is 7.73. The first-order chi connectivity index (χ1) is 17.2. The van der Waals surface area contributed by atoms with Gasteiger partial charge in [-0.1, -0.05) is 51.4 Å². The predicted octanol–water partition coefficient (Wildman–Crippen LogP) is 5.47. The van der Waals surface area contributed by atoms with Crippen LogP contribution in [0, 0.1) is 17.3 Å². The molecular weight excluding hydrogens is 490 g/mol. The van der Waals surface area contributed by atoms with Gasteiger partial charge in [0.05, 0.1) is 0 Å². The number of carbonyl (C=O) groups excluding carboxylic acids is 3. The SMILES string of the molecule is CC(C)[C@@H](NC(=O)C[C@@H]1CCN(C(=O)OC(C)(C)C)C1)C(=O)N1CCC(c2ccc(Cl)cc2)C(C)(C)C1. The van der Waals surface area contributed by atoms with Gasteiger partial charge in [0, 0.05) is 37.6 Å². The summed E-state index contributed by atoms with van der Waals surface area (Å²) in [6, 6.07) is 7.43. The second-order valence-corrected chi connectivity index (χ2v) is 13.2. The smallest absolute Gasteiger partial charge is 0.410 e. The van der Waals surface area contributed by atoms with Crippen LogP contribution in [0.2, 0.25) is 5.02 Å². The maximum Gasteiger partial charge on any atom is 0.410 e. The van der Waals surface area contributed by atoms with E-state index in [0.29, 0.717) is 38.5 Å². The van der Waals surface area contributed by atoms with Gasteiger partial charge in [-0.2, -0.15) is 0 Å². The topological polar surface area (TPSA) is 79.0 Å². The van der Waals surface area contributed by atoms with Crippen molar-refractivity contribution in [3.8, 4) is 0 Å². The van der Waals surface area contributed by atoms with Gasteiger partial charge in [-0.15, -0.1) is 0 Å². The Bertz CT molecular complexity index is 970. The quantitative estimate of drug-likeness (QED) is 0.526. The molecule has 0 aromatic heterocycles. The zero-order chi connectivity index (χ0) is 27.5. The fourth-order valence-electron chi connectivity index (χ4n) is 5.55. The molecule has 1 aromatic carbocycles. The average Bonchev–Trinajstić information content (AvgIpc) is 3.24. The molecule has 8 heteroatoms. The molecule has 0 saturated carbocycles. The Balaban J connectivity index is 1.57. The Hall–Kier alpha value is -2.28. The summed E-state index contributed by atoms with van der Waals surface area (Å²) in [7, 11) is 0. The van der Waals surface area contributed by atoms with Crippen LogP contribution < -0.4 is 5.32 Å². The van der Waals surface area contributed by atoms with Crippen molar-refractivity contribution in [3.05, 3.63) is 34.9 Å². The van der Waals surface area contributed by atoms with Gasteiger partial charge in [0.1, 0.15) is 11.6 Å². The molecule has 0 bridgehead atoms. The van der Waals surface area contributed by atoms with Crippen LogP contribution >= 0.6 is 11.6 Å². The van der Waals surface area contributed by atoms with Crippen LogP contribution in [0.5, 0.6) is 0 Å². The molecule has 2 fully saturated rings. The van der Waals surface area contributed by atoms with Gasteiger partial charge in [0.15, 0.2) is 0 Å². The molecule has 0 radical (unpaired) electrons. The Morgan fingerprint density at radius 2 is 1.70 bits per heavy atom. The molecule has 3 rings (SSSR count). The van der Waals surface area contributed by atoms with E-state index in [1.807, 2.05) is 51.7 Å². The van der Waals surface area contributed by atoms with Crippen LogP contribution in [0.1, 0.15) is 79.2 Å². The van der Waals surface area contributed by atoms with E-state index in [1.54, 1.807) is 4.90 Å². The molecule has 206 valence electrons. The number of benzene rings is 1. The maximum absolute atomic E-state index is 13.6. The van der Waals surface area contributed by atoms with E-state index in [4.69, 9.17) is 16.3 Å². The highest BCUT2D eigenvalue weighted by molar-refractivity contribution is 6.30. The number of nitrogens with zero attached hydrogens (tertiary/aromatic N) is 2. The third-order valence-electron chi connectivity index (χ3n) is 7.47. The summed E-state index contributed by atoms with van der Waals surface area (Å²) in [5.74, 6) is 0.197. The molecule has 2 aliphatic rings. The standard InChI is InChI=1S/C29H44ClN3O4/c1-19(2)25(31-24(34)16-20-12-14-32(17-20)27(36)37-28(3,4)5)26(35)33-15-13-23(29(6,7)18-33)21-8-10-22(30)11-9-21/h8-11,19-20,23,25H,12-18H2,1-7H3,(H,31,34)/t20-,23?,25+/m0/s1. The number of hydrogen-bond donors (Lipinski definition) is 1. The van der Waals surface area contributed by atoms with E-state index < -0.39 is 11.6 Å². The predicted molar refractivity (Wildman–Crippen MR) is 146 cm³/mol. The summed E-state index contributed by atoms with van der Waals surface area (Å²) in [6.45, 7) is 16.2. The fourth-order valence-corrected chi connectivity index (χ4v) is 5.68. The monoisotopic (exact) mass is 533 g/mol. The molecule has 2 aliphatic heterocycles. The molecule has 2 saturated heterocycles. The maximum atomic E-state index is 13.6. The van der Waals surface area contributed by atoms with Crippen molar-refractivity contribution >= 4 is 29.5 Å². The number of halogens is 1. The first-order valence-electron chi connectivity index (χ1n) is 13.5. The van der Waals surface area contributed by atoms with E-state index in [2.05, 4.69) is 31.3 Å². The first-order valence-corrected chi connectivity index (χ1v) is 13.9.